The topological polar surface area (TPSA) is 37.3 Å². The fraction of sp³-hybridized carbons (Fsp3) is 0.800. The number of carbonyl (C=O) groups is 1. The van der Waals surface area contributed by atoms with E-state index in [0.717, 1.165) is 38.5 Å². The molecule has 0 aliphatic heterocycles. The molecule has 0 unspecified atom stereocenters. The van der Waals surface area contributed by atoms with Crippen LogP contribution >= 0.6 is 0 Å². The first-order valence-corrected chi connectivity index (χ1v) is 11.4. The Hall–Kier alpha value is -1.41. The van der Waals surface area contributed by atoms with Gasteiger partial charge in [0.05, 0.1) is 0 Å². The molecule has 0 spiro atoms. The average Bonchev–Trinajstić information content (AvgIpc) is 2.65. The van der Waals surface area contributed by atoms with Gasteiger partial charge in [-0.05, 0) is 31.1 Å². The Labute approximate surface area is 168 Å². The Bertz CT molecular complexity index is 444. The zero-order chi connectivity index (χ0) is 19.8. The van der Waals surface area contributed by atoms with Crippen molar-refractivity contribution in [1.29, 1.82) is 0 Å². The number of aliphatic carboxylic acids is 1. The van der Waals surface area contributed by atoms with Crippen molar-refractivity contribution < 1.29 is 9.90 Å². The molecule has 0 fully saturated rings. The largest absolute Gasteiger partial charge is 0.481 e. The van der Waals surface area contributed by atoms with Crippen LogP contribution in [0.5, 0.6) is 0 Å². The minimum atomic E-state index is -0.681. The van der Waals surface area contributed by atoms with Gasteiger partial charge in [0, 0.05) is 19.3 Å². The van der Waals surface area contributed by atoms with Crippen molar-refractivity contribution in [2.75, 3.05) is 0 Å². The van der Waals surface area contributed by atoms with E-state index in [-0.39, 0.29) is 0 Å². The summed E-state index contributed by atoms with van der Waals surface area (Å²) in [4.78, 5) is 10.4. The van der Waals surface area contributed by atoms with Crippen LogP contribution in [0.25, 0.3) is 0 Å². The maximum absolute atomic E-state index is 10.4. The zero-order valence-electron chi connectivity index (χ0n) is 17.8. The van der Waals surface area contributed by atoms with Gasteiger partial charge in [0.2, 0.25) is 0 Å². The van der Waals surface area contributed by atoms with E-state index in [1.807, 2.05) is 0 Å². The van der Waals surface area contributed by atoms with E-state index in [9.17, 15) is 4.79 Å². The fourth-order valence-electron chi connectivity index (χ4n) is 3.11. The molecule has 2 heteroatoms. The Morgan fingerprint density at radius 1 is 0.593 bits per heavy atom. The van der Waals surface area contributed by atoms with Gasteiger partial charge in [-0.2, -0.15) is 0 Å². The third kappa shape index (κ3) is 24.6. The minimum Gasteiger partial charge on any atom is -0.481 e. The van der Waals surface area contributed by atoms with Crippen LogP contribution < -0.4 is 0 Å². The van der Waals surface area contributed by atoms with Crippen molar-refractivity contribution in [3.05, 3.63) is 0 Å². The van der Waals surface area contributed by atoms with Crippen molar-refractivity contribution in [1.82, 2.24) is 0 Å². The van der Waals surface area contributed by atoms with Gasteiger partial charge in [0.1, 0.15) is 0 Å². The van der Waals surface area contributed by atoms with E-state index >= 15 is 0 Å². The lowest BCUT2D eigenvalue weighted by molar-refractivity contribution is -0.137. The van der Waals surface area contributed by atoms with Crippen molar-refractivity contribution in [2.24, 2.45) is 0 Å². The van der Waals surface area contributed by atoms with Crippen molar-refractivity contribution >= 4 is 5.97 Å². The first-order valence-electron chi connectivity index (χ1n) is 11.4. The molecule has 27 heavy (non-hydrogen) atoms. The highest BCUT2D eigenvalue weighted by molar-refractivity contribution is 5.66. The molecule has 1 N–H and O–H groups in total. The Balaban J connectivity index is 3.25. The third-order valence-electron chi connectivity index (χ3n) is 4.84. The standard InChI is InChI=1S/C25H42O2/c1-2-3-4-5-6-7-8-9-10-11-12-13-14-15-16-17-18-19-20-21-22-23-24-25(26)27/h2-12,17-24H2,1H3,(H,26,27). The van der Waals surface area contributed by atoms with Crippen LogP contribution in [0.15, 0.2) is 0 Å². The molecule has 0 aromatic carbocycles. The molecule has 0 radical (unpaired) electrons. The molecule has 0 atom stereocenters. The molecule has 0 saturated carbocycles. The second-order valence-electron chi connectivity index (χ2n) is 7.55. The molecule has 0 amide bonds. The molecule has 0 aliphatic rings. The second-order valence-corrected chi connectivity index (χ2v) is 7.55. The van der Waals surface area contributed by atoms with Crippen molar-refractivity contribution in [2.45, 2.75) is 129 Å². The van der Waals surface area contributed by atoms with E-state index in [0.29, 0.717) is 6.42 Å². The summed E-state index contributed by atoms with van der Waals surface area (Å²) in [6.45, 7) is 2.27. The molecule has 0 aliphatic carbocycles. The summed E-state index contributed by atoms with van der Waals surface area (Å²) in [6.07, 6.45) is 22.4. The predicted octanol–water partition coefficient (Wildman–Crippen LogP) is 7.51. The molecular formula is C25H42O2. The third-order valence-corrected chi connectivity index (χ3v) is 4.84. The Morgan fingerprint density at radius 2 is 0.963 bits per heavy atom. The first kappa shape index (κ1) is 25.6. The van der Waals surface area contributed by atoms with Crippen LogP contribution in [0.3, 0.4) is 0 Å². The maximum Gasteiger partial charge on any atom is 0.303 e. The first-order chi connectivity index (χ1) is 13.3. The molecular weight excluding hydrogens is 332 g/mol. The highest BCUT2D eigenvalue weighted by atomic mass is 16.4. The number of carboxylic acids is 1. The normalized spacial score (nSPS) is 9.96. The zero-order valence-corrected chi connectivity index (χ0v) is 17.8. The van der Waals surface area contributed by atoms with Gasteiger partial charge < -0.3 is 5.11 Å². The van der Waals surface area contributed by atoms with Gasteiger partial charge in [-0.3, -0.25) is 4.79 Å². The lowest BCUT2D eigenvalue weighted by Crippen LogP contribution is -1.93. The summed E-state index contributed by atoms with van der Waals surface area (Å²) in [6, 6.07) is 0. The molecule has 0 aromatic rings. The molecule has 0 bridgehead atoms. The number of unbranched alkanes of at least 4 members (excludes halogenated alkanes) is 16. The van der Waals surface area contributed by atoms with E-state index < -0.39 is 5.97 Å². The van der Waals surface area contributed by atoms with Gasteiger partial charge in [-0.1, -0.05) is 102 Å². The average molecular weight is 375 g/mol. The minimum absolute atomic E-state index is 0.309. The monoisotopic (exact) mass is 374 g/mol. The van der Waals surface area contributed by atoms with Crippen molar-refractivity contribution in [3.63, 3.8) is 0 Å². The van der Waals surface area contributed by atoms with Gasteiger partial charge in [-0.15, -0.1) is 0 Å². The summed E-state index contributed by atoms with van der Waals surface area (Å²) < 4.78 is 0. The summed E-state index contributed by atoms with van der Waals surface area (Å²) in [7, 11) is 0. The summed E-state index contributed by atoms with van der Waals surface area (Å²) in [5.41, 5.74) is 0. The number of rotatable bonds is 18. The Morgan fingerprint density at radius 3 is 1.37 bits per heavy atom. The lowest BCUT2D eigenvalue weighted by Gasteiger charge is -2.00. The van der Waals surface area contributed by atoms with E-state index in [4.69, 9.17) is 5.11 Å². The molecule has 154 valence electrons. The van der Waals surface area contributed by atoms with E-state index in [1.54, 1.807) is 0 Å². The summed E-state index contributed by atoms with van der Waals surface area (Å²) >= 11 is 0. The van der Waals surface area contributed by atoms with Gasteiger partial charge >= 0.3 is 5.97 Å². The van der Waals surface area contributed by atoms with Gasteiger partial charge in [-0.25, -0.2) is 0 Å². The number of carboxylic acid groups (broad SMARTS) is 1. The Kier molecular flexibility index (Phi) is 21.4. The van der Waals surface area contributed by atoms with Gasteiger partial charge in [0.15, 0.2) is 0 Å². The van der Waals surface area contributed by atoms with Gasteiger partial charge in [0.25, 0.3) is 0 Å². The molecule has 0 heterocycles. The van der Waals surface area contributed by atoms with Crippen LogP contribution in [0, 0.1) is 23.7 Å². The van der Waals surface area contributed by atoms with Crippen molar-refractivity contribution in [3.8, 4) is 23.7 Å². The quantitative estimate of drug-likeness (QED) is 0.199. The van der Waals surface area contributed by atoms with E-state index in [2.05, 4.69) is 30.6 Å². The molecule has 0 aromatic heterocycles. The fourth-order valence-corrected chi connectivity index (χ4v) is 3.11. The van der Waals surface area contributed by atoms with Crippen LogP contribution in [-0.4, -0.2) is 11.1 Å². The maximum atomic E-state index is 10.4. The molecule has 0 saturated heterocycles. The van der Waals surface area contributed by atoms with Crippen LogP contribution in [0.1, 0.15) is 129 Å². The number of hydrogen-bond donors (Lipinski definition) is 1. The van der Waals surface area contributed by atoms with Crippen LogP contribution in [0.4, 0.5) is 0 Å². The summed E-state index contributed by atoms with van der Waals surface area (Å²) in [5, 5.41) is 8.55. The highest BCUT2D eigenvalue weighted by Crippen LogP contribution is 2.11. The predicted molar refractivity (Wildman–Crippen MR) is 117 cm³/mol. The van der Waals surface area contributed by atoms with Crippen LogP contribution in [-0.2, 0) is 4.79 Å². The smallest absolute Gasteiger partial charge is 0.303 e. The van der Waals surface area contributed by atoms with E-state index in [1.165, 1.54) is 77.0 Å². The lowest BCUT2D eigenvalue weighted by atomic mass is 10.1. The SMILES string of the molecule is CCCCCCCCCCCCC#CC#CCCCCCCCCC(=O)O. The molecule has 0 rings (SSSR count). The molecule has 2 nitrogen and oxygen atoms in total. The summed E-state index contributed by atoms with van der Waals surface area (Å²) in [5.74, 6) is 11.6. The highest BCUT2D eigenvalue weighted by Gasteiger charge is 1.96. The second kappa shape index (κ2) is 22.6. The van der Waals surface area contributed by atoms with Crippen LogP contribution in [0.2, 0.25) is 0 Å². The number of hydrogen-bond acceptors (Lipinski definition) is 1.